The average molecular weight is 1080 g/mol. The second-order valence-corrected chi connectivity index (χ2v) is 20.6. The van der Waals surface area contributed by atoms with Crippen LogP contribution in [0.5, 0.6) is 34.5 Å². The standard InChI is InChI=1S/C61H58O14P2/c1-41-40-43-19-3-5-21-45(43)56(57(41)75-77(72-52-28-12-8-24-48(52)60-66-36-16-37-67-60)73-53-29-13-9-25-49(53)61-68-38-17-39-69-61)55-44-20-4-2-18-42(44)30-31-54(55)74-76(70-50-26-10-6-22-46(50)58-62-32-14-33-63-58)71-51-27-11-7-23-47(51)59-64-34-15-35-65-59/h2-13,18-31,40,58-61H,14-17,32-39H2,1H3. The molecular weight excluding hydrogens is 1020 g/mol. The third kappa shape index (κ3) is 11.7. The summed E-state index contributed by atoms with van der Waals surface area (Å²) >= 11 is 0. The topological polar surface area (TPSA) is 129 Å². The molecule has 14 nitrogen and oxygen atoms in total. The van der Waals surface area contributed by atoms with Crippen molar-refractivity contribution in [1.29, 1.82) is 0 Å². The minimum atomic E-state index is -2.35. The Kier molecular flexibility index (Phi) is 16.4. The van der Waals surface area contributed by atoms with E-state index in [0.29, 0.717) is 110 Å². The van der Waals surface area contributed by atoms with Gasteiger partial charge in [0.25, 0.3) is 0 Å². The number of ether oxygens (including phenoxy) is 8. The first-order valence-electron chi connectivity index (χ1n) is 26.1. The summed E-state index contributed by atoms with van der Waals surface area (Å²) in [4.78, 5) is 0. The highest BCUT2D eigenvalue weighted by Gasteiger charge is 2.34. The van der Waals surface area contributed by atoms with Gasteiger partial charge in [0.05, 0.1) is 75.1 Å². The van der Waals surface area contributed by atoms with Crippen molar-refractivity contribution < 1.29 is 65.0 Å². The summed E-state index contributed by atoms with van der Waals surface area (Å²) < 4.78 is 91.7. The molecule has 0 radical (unpaired) electrons. The maximum Gasteiger partial charge on any atom is 0.530 e. The summed E-state index contributed by atoms with van der Waals surface area (Å²) in [5.41, 5.74) is 5.10. The highest BCUT2D eigenvalue weighted by molar-refractivity contribution is 7.43. The Balaban J connectivity index is 1.00. The van der Waals surface area contributed by atoms with Crippen LogP contribution in [0.15, 0.2) is 164 Å². The lowest BCUT2D eigenvalue weighted by Gasteiger charge is -2.29. The van der Waals surface area contributed by atoms with Gasteiger partial charge in [-0.25, -0.2) is 0 Å². The van der Waals surface area contributed by atoms with E-state index in [1.54, 1.807) is 0 Å². The van der Waals surface area contributed by atoms with E-state index < -0.39 is 42.4 Å². The van der Waals surface area contributed by atoms with Crippen LogP contribution >= 0.6 is 17.2 Å². The normalized spacial score (nSPS) is 17.2. The maximum absolute atomic E-state index is 7.39. The van der Waals surface area contributed by atoms with E-state index in [-0.39, 0.29) is 0 Å². The lowest BCUT2D eigenvalue weighted by Crippen LogP contribution is -2.19. The van der Waals surface area contributed by atoms with Gasteiger partial charge in [0.15, 0.2) is 25.2 Å². The summed E-state index contributed by atoms with van der Waals surface area (Å²) in [6.45, 7) is 6.43. The molecule has 4 heterocycles. The Morgan fingerprint density at radius 3 is 1.06 bits per heavy atom. The molecule has 77 heavy (non-hydrogen) atoms. The summed E-state index contributed by atoms with van der Waals surface area (Å²) in [5, 5.41) is 3.71. The van der Waals surface area contributed by atoms with Crippen LogP contribution in [0.1, 0.15) is 78.7 Å². The van der Waals surface area contributed by atoms with Gasteiger partial charge in [-0.3, -0.25) is 0 Å². The van der Waals surface area contributed by atoms with E-state index in [1.165, 1.54) is 0 Å². The Bertz CT molecular complexity index is 3150. The van der Waals surface area contributed by atoms with Gasteiger partial charge in [0.2, 0.25) is 0 Å². The first-order chi connectivity index (χ1) is 38.1. The largest absolute Gasteiger partial charge is 0.530 e. The van der Waals surface area contributed by atoms with Crippen molar-refractivity contribution in [3.8, 4) is 45.6 Å². The number of hydrogen-bond donors (Lipinski definition) is 0. The third-order valence-corrected chi connectivity index (χ3v) is 15.4. The van der Waals surface area contributed by atoms with Gasteiger partial charge in [0, 0.05) is 11.1 Å². The van der Waals surface area contributed by atoms with Crippen molar-refractivity contribution in [1.82, 2.24) is 0 Å². The number of rotatable bonds is 17. The minimum absolute atomic E-state index is 0.459. The molecule has 4 saturated heterocycles. The molecule has 0 aliphatic carbocycles. The van der Waals surface area contributed by atoms with E-state index in [4.69, 9.17) is 65.0 Å². The van der Waals surface area contributed by atoms with Gasteiger partial charge in [-0.05, 0) is 96.1 Å². The van der Waals surface area contributed by atoms with Crippen molar-refractivity contribution in [3.63, 3.8) is 0 Å². The number of aryl methyl sites for hydroxylation is 1. The van der Waals surface area contributed by atoms with E-state index in [0.717, 1.165) is 63.9 Å². The quantitative estimate of drug-likeness (QED) is 0.0802. The minimum Gasteiger partial charge on any atom is -0.408 e. The van der Waals surface area contributed by atoms with Crippen LogP contribution in [0.4, 0.5) is 0 Å². The lowest BCUT2D eigenvalue weighted by molar-refractivity contribution is -0.183. The molecular formula is C61H58O14P2. The molecule has 4 fully saturated rings. The highest BCUT2D eigenvalue weighted by atomic mass is 31.2. The molecule has 4 aliphatic heterocycles. The fourth-order valence-corrected chi connectivity index (χ4v) is 11.9. The summed E-state index contributed by atoms with van der Waals surface area (Å²) in [7, 11) is -4.70. The second-order valence-electron chi connectivity index (χ2n) is 18.6. The Labute approximate surface area is 449 Å². The van der Waals surface area contributed by atoms with Gasteiger partial charge in [-0.1, -0.05) is 127 Å². The van der Waals surface area contributed by atoms with Crippen LogP contribution in [0.3, 0.4) is 0 Å². The highest BCUT2D eigenvalue weighted by Crippen LogP contribution is 2.56. The number of para-hydroxylation sites is 4. The van der Waals surface area contributed by atoms with Crippen molar-refractivity contribution in [2.45, 2.75) is 57.8 Å². The van der Waals surface area contributed by atoms with Crippen LogP contribution in [-0.2, 0) is 37.9 Å². The van der Waals surface area contributed by atoms with Crippen LogP contribution < -0.4 is 27.1 Å². The molecule has 0 amide bonds. The number of fused-ring (bicyclic) bond motifs is 2. The fourth-order valence-electron chi connectivity index (χ4n) is 9.71. The van der Waals surface area contributed by atoms with Crippen LogP contribution in [0, 0.1) is 6.92 Å². The number of benzene rings is 8. The van der Waals surface area contributed by atoms with E-state index in [1.807, 2.05) is 140 Å². The molecule has 0 spiro atoms. The molecule has 0 atom stereocenters. The fraction of sp³-hybridized carbons (Fsp3) is 0.279. The first-order valence-corrected chi connectivity index (χ1v) is 28.3. The second kappa shape index (κ2) is 24.5. The average Bonchev–Trinajstić information content (AvgIpc) is 3.58. The summed E-state index contributed by atoms with van der Waals surface area (Å²) in [6.07, 6.45) is 0.577. The Morgan fingerprint density at radius 2 is 0.649 bits per heavy atom. The van der Waals surface area contributed by atoms with E-state index >= 15 is 0 Å². The van der Waals surface area contributed by atoms with Crippen molar-refractivity contribution in [2.75, 3.05) is 52.9 Å². The molecule has 0 unspecified atom stereocenters. The molecule has 8 aromatic rings. The molecule has 0 aromatic heterocycles. The molecule has 396 valence electrons. The third-order valence-electron chi connectivity index (χ3n) is 13.4. The molecule has 16 heteroatoms. The van der Waals surface area contributed by atoms with Crippen molar-refractivity contribution >= 4 is 38.7 Å². The zero-order chi connectivity index (χ0) is 51.8. The molecule has 4 aliphatic rings. The first kappa shape index (κ1) is 51.4. The zero-order valence-electron chi connectivity index (χ0n) is 42.5. The summed E-state index contributed by atoms with van der Waals surface area (Å²) in [6, 6.07) is 53.1. The molecule has 8 aromatic carbocycles. The zero-order valence-corrected chi connectivity index (χ0v) is 44.3. The lowest BCUT2D eigenvalue weighted by atomic mass is 9.91. The number of hydrogen-bond acceptors (Lipinski definition) is 14. The van der Waals surface area contributed by atoms with Gasteiger partial charge in [-0.15, -0.1) is 0 Å². The van der Waals surface area contributed by atoms with Crippen LogP contribution in [-0.4, -0.2) is 52.9 Å². The molecule has 0 N–H and O–H groups in total. The van der Waals surface area contributed by atoms with Gasteiger partial charge in [0.1, 0.15) is 34.5 Å². The predicted molar refractivity (Wildman–Crippen MR) is 292 cm³/mol. The summed E-state index contributed by atoms with van der Waals surface area (Å²) in [5.74, 6) is 2.89. The van der Waals surface area contributed by atoms with Crippen molar-refractivity contribution in [2.24, 2.45) is 0 Å². The monoisotopic (exact) mass is 1080 g/mol. The molecule has 12 rings (SSSR count). The Hall–Kier alpha value is -6.38. The van der Waals surface area contributed by atoms with Gasteiger partial charge >= 0.3 is 17.2 Å². The smallest absolute Gasteiger partial charge is 0.408 e. The van der Waals surface area contributed by atoms with Crippen LogP contribution in [0.25, 0.3) is 32.7 Å². The van der Waals surface area contributed by atoms with E-state index in [9.17, 15) is 0 Å². The predicted octanol–water partition coefficient (Wildman–Crippen LogP) is 15.2. The van der Waals surface area contributed by atoms with Crippen LogP contribution in [0.2, 0.25) is 0 Å². The van der Waals surface area contributed by atoms with E-state index in [2.05, 4.69) is 30.3 Å². The molecule has 0 bridgehead atoms. The SMILES string of the molecule is Cc1cc2ccccc2c(-c2c(OP(Oc3ccccc3C3OCCCO3)Oc3ccccc3C3OCCCO3)ccc3ccccc23)c1OP(Oc1ccccc1C1OCCCO1)Oc1ccccc1C1OCCCO1. The van der Waals surface area contributed by atoms with Gasteiger partial charge in [-0.2, -0.15) is 0 Å². The van der Waals surface area contributed by atoms with Gasteiger partial charge < -0.3 is 65.0 Å². The molecule has 0 saturated carbocycles. The van der Waals surface area contributed by atoms with Crippen molar-refractivity contribution in [3.05, 3.63) is 192 Å². The maximum atomic E-state index is 7.39. The Morgan fingerprint density at radius 1 is 0.325 bits per heavy atom.